The monoisotopic (exact) mass is 444 g/mol. The third kappa shape index (κ3) is 3.81. The van der Waals surface area contributed by atoms with Gasteiger partial charge in [-0.05, 0) is 112 Å². The van der Waals surface area contributed by atoms with E-state index in [9.17, 15) is 4.79 Å². The number of amides is 1. The summed E-state index contributed by atoms with van der Waals surface area (Å²) in [6, 6.07) is 0. The van der Waals surface area contributed by atoms with Crippen LogP contribution in [0.1, 0.15) is 104 Å². The van der Waals surface area contributed by atoms with Gasteiger partial charge in [-0.2, -0.15) is 0 Å². The van der Waals surface area contributed by atoms with Crippen LogP contribution in [-0.2, 0) is 4.74 Å². The highest BCUT2D eigenvalue weighted by Gasteiger charge is 2.61. The topological polar surface area (TPSA) is 55.6 Å². The van der Waals surface area contributed by atoms with Crippen LogP contribution in [0.5, 0.6) is 0 Å². The van der Waals surface area contributed by atoms with Crippen molar-refractivity contribution >= 4 is 6.09 Å². The van der Waals surface area contributed by atoms with Crippen LogP contribution in [0.3, 0.4) is 0 Å². The molecule has 1 saturated heterocycles. The first-order valence-electron chi connectivity index (χ1n) is 14.2. The fourth-order valence-electron chi connectivity index (χ4n) is 9.75. The number of fused-ring (bicyclic) bond motifs is 5. The molecule has 4 nitrogen and oxygen atoms in total. The van der Waals surface area contributed by atoms with Crippen LogP contribution in [-0.4, -0.2) is 36.2 Å². The average Bonchev–Trinajstić information content (AvgIpc) is 3.44. The lowest BCUT2D eigenvalue weighted by molar-refractivity contribution is -0.121. The lowest BCUT2D eigenvalue weighted by Gasteiger charge is -2.62. The van der Waals surface area contributed by atoms with Gasteiger partial charge in [-0.3, -0.25) is 0 Å². The van der Waals surface area contributed by atoms with E-state index in [1.54, 1.807) is 0 Å². The third-order valence-electron chi connectivity index (χ3n) is 11.3. The summed E-state index contributed by atoms with van der Waals surface area (Å²) in [7, 11) is 0. The van der Waals surface area contributed by atoms with Crippen LogP contribution in [0.4, 0.5) is 4.79 Å². The molecule has 32 heavy (non-hydrogen) atoms. The van der Waals surface area contributed by atoms with Crippen LogP contribution < -0.4 is 5.73 Å². The highest BCUT2D eigenvalue weighted by Crippen LogP contribution is 2.66. The molecule has 5 rings (SSSR count). The van der Waals surface area contributed by atoms with E-state index in [4.69, 9.17) is 10.5 Å². The Hall–Kier alpha value is -0.770. The Morgan fingerprint density at radius 2 is 1.81 bits per heavy atom. The van der Waals surface area contributed by atoms with E-state index in [2.05, 4.69) is 13.8 Å². The predicted octanol–water partition coefficient (Wildman–Crippen LogP) is 6.38. The van der Waals surface area contributed by atoms with Gasteiger partial charge < -0.3 is 15.4 Å². The Balaban J connectivity index is 1.21. The smallest absolute Gasteiger partial charge is 0.409 e. The van der Waals surface area contributed by atoms with E-state index >= 15 is 0 Å². The Morgan fingerprint density at radius 3 is 2.59 bits per heavy atom. The van der Waals surface area contributed by atoms with E-state index in [0.717, 1.165) is 68.4 Å². The normalized spacial score (nSPS) is 45.8. The number of hydrogen-bond acceptors (Lipinski definition) is 3. The van der Waals surface area contributed by atoms with Crippen molar-refractivity contribution in [2.45, 2.75) is 109 Å². The molecule has 1 heterocycles. The quantitative estimate of drug-likeness (QED) is 0.501. The zero-order valence-electron chi connectivity index (χ0n) is 20.8. The minimum atomic E-state index is -0.0992. The maximum Gasteiger partial charge on any atom is 0.409 e. The zero-order chi connectivity index (χ0) is 22.3. The van der Waals surface area contributed by atoms with Gasteiger partial charge in [0.25, 0.3) is 0 Å². The van der Waals surface area contributed by atoms with Crippen LogP contribution in [0.15, 0.2) is 0 Å². The van der Waals surface area contributed by atoms with Gasteiger partial charge in [-0.25, -0.2) is 4.79 Å². The molecule has 5 aliphatic rings. The highest BCUT2D eigenvalue weighted by atomic mass is 16.6. The minimum absolute atomic E-state index is 0.0380. The van der Waals surface area contributed by atoms with Crippen molar-refractivity contribution in [1.29, 1.82) is 0 Å². The van der Waals surface area contributed by atoms with Crippen molar-refractivity contribution in [2.24, 2.45) is 46.7 Å². The SMILES string of the molecule is CC[C@H]1CC2C3CC[C@H](CCCOC(=O)N4CCCC4)C3(N)CC[C@@H]2C2(C)CCCCC12. The van der Waals surface area contributed by atoms with Gasteiger partial charge in [0, 0.05) is 18.6 Å². The molecule has 1 amide bonds. The molecule has 8 atom stereocenters. The van der Waals surface area contributed by atoms with Crippen molar-refractivity contribution in [1.82, 2.24) is 4.90 Å². The van der Waals surface area contributed by atoms with Crippen LogP contribution in [0, 0.1) is 40.9 Å². The van der Waals surface area contributed by atoms with Crippen LogP contribution in [0.2, 0.25) is 0 Å². The van der Waals surface area contributed by atoms with Gasteiger partial charge >= 0.3 is 6.09 Å². The number of nitrogens with two attached hydrogens (primary N) is 1. The lowest BCUT2D eigenvalue weighted by Crippen LogP contribution is -2.61. The second-order valence-electron chi connectivity index (χ2n) is 12.5. The third-order valence-corrected chi connectivity index (χ3v) is 11.3. The van der Waals surface area contributed by atoms with E-state index < -0.39 is 0 Å². The molecule has 5 fully saturated rings. The first kappa shape index (κ1) is 23.0. The minimum Gasteiger partial charge on any atom is -0.449 e. The molecule has 4 aliphatic carbocycles. The Morgan fingerprint density at radius 1 is 1.00 bits per heavy atom. The number of nitrogens with zero attached hydrogens (tertiary/aromatic N) is 1. The first-order valence-corrected chi connectivity index (χ1v) is 14.2. The molecular weight excluding hydrogens is 396 g/mol. The fraction of sp³-hybridized carbons (Fsp3) is 0.964. The summed E-state index contributed by atoms with van der Waals surface area (Å²) in [5.41, 5.74) is 7.95. The second-order valence-corrected chi connectivity index (χ2v) is 12.5. The largest absolute Gasteiger partial charge is 0.449 e. The summed E-state index contributed by atoms with van der Waals surface area (Å²) < 4.78 is 5.59. The highest BCUT2D eigenvalue weighted by molar-refractivity contribution is 5.67. The summed E-state index contributed by atoms with van der Waals surface area (Å²) >= 11 is 0. The maximum atomic E-state index is 12.2. The fourth-order valence-corrected chi connectivity index (χ4v) is 9.75. The van der Waals surface area contributed by atoms with Crippen LogP contribution >= 0.6 is 0 Å². The molecule has 5 unspecified atom stereocenters. The van der Waals surface area contributed by atoms with E-state index in [1.807, 2.05) is 4.90 Å². The van der Waals surface area contributed by atoms with Gasteiger partial charge in [0.1, 0.15) is 0 Å². The molecular formula is C28H48N2O2. The van der Waals surface area contributed by atoms with Gasteiger partial charge in [-0.15, -0.1) is 0 Å². The van der Waals surface area contributed by atoms with Crippen molar-refractivity contribution < 1.29 is 9.53 Å². The zero-order valence-corrected chi connectivity index (χ0v) is 20.8. The predicted molar refractivity (Wildman–Crippen MR) is 129 cm³/mol. The van der Waals surface area contributed by atoms with Crippen molar-refractivity contribution in [3.8, 4) is 0 Å². The van der Waals surface area contributed by atoms with Crippen molar-refractivity contribution in [2.75, 3.05) is 19.7 Å². The van der Waals surface area contributed by atoms with E-state index in [-0.39, 0.29) is 11.6 Å². The second kappa shape index (κ2) is 9.12. The summed E-state index contributed by atoms with van der Waals surface area (Å²) in [5.74, 6) is 5.01. The molecule has 0 radical (unpaired) electrons. The summed E-state index contributed by atoms with van der Waals surface area (Å²) in [6.07, 6.45) is 18.1. The number of likely N-dealkylation sites (tertiary alicyclic amines) is 1. The van der Waals surface area contributed by atoms with E-state index in [1.165, 1.54) is 64.2 Å². The maximum absolute atomic E-state index is 12.2. The number of ether oxygens (including phenoxy) is 1. The molecule has 0 aromatic rings. The number of hydrogen-bond donors (Lipinski definition) is 1. The number of carbonyl (C=O) groups excluding carboxylic acids is 1. The van der Waals surface area contributed by atoms with Gasteiger partial charge in [0.05, 0.1) is 6.61 Å². The Bertz CT molecular complexity index is 676. The van der Waals surface area contributed by atoms with Gasteiger partial charge in [-0.1, -0.05) is 33.1 Å². The number of carbonyl (C=O) groups is 1. The molecule has 4 heteroatoms. The van der Waals surface area contributed by atoms with Crippen molar-refractivity contribution in [3.05, 3.63) is 0 Å². The Kier molecular flexibility index (Phi) is 6.55. The van der Waals surface area contributed by atoms with E-state index in [0.29, 0.717) is 17.9 Å². The molecule has 2 N–H and O–H groups in total. The molecule has 0 bridgehead atoms. The number of rotatable bonds is 5. The van der Waals surface area contributed by atoms with Gasteiger partial charge in [0.15, 0.2) is 0 Å². The summed E-state index contributed by atoms with van der Waals surface area (Å²) in [6.45, 7) is 7.43. The van der Waals surface area contributed by atoms with Crippen LogP contribution in [0.25, 0.3) is 0 Å². The average molecular weight is 445 g/mol. The summed E-state index contributed by atoms with van der Waals surface area (Å²) in [4.78, 5) is 14.0. The Labute approximate surface area is 196 Å². The molecule has 0 aromatic heterocycles. The standard InChI is InChI=1S/C28H48N2O2/c1-3-20-19-22-24(27(2)14-5-4-10-23(20)27)13-15-28(29)21(11-12-25(22)28)9-8-18-32-26(31)30-16-6-7-17-30/h20-25H,3-19,29H2,1-2H3/t20-,21-,22?,23?,24-,25?,27?,28?/m0/s1. The van der Waals surface area contributed by atoms with Gasteiger partial charge in [0.2, 0.25) is 0 Å². The molecule has 0 aromatic carbocycles. The van der Waals surface area contributed by atoms with Crippen molar-refractivity contribution in [3.63, 3.8) is 0 Å². The first-order chi connectivity index (χ1) is 15.5. The molecule has 4 saturated carbocycles. The molecule has 1 aliphatic heterocycles. The molecule has 0 spiro atoms. The lowest BCUT2D eigenvalue weighted by atomic mass is 9.43. The molecule has 182 valence electrons. The summed E-state index contributed by atoms with van der Waals surface area (Å²) in [5, 5.41) is 0.